The Morgan fingerprint density at radius 2 is 1.88 bits per heavy atom. The summed E-state index contributed by atoms with van der Waals surface area (Å²) < 4.78 is 10.9. The molecule has 7 nitrogen and oxygen atoms in total. The summed E-state index contributed by atoms with van der Waals surface area (Å²) in [6.07, 6.45) is -1.19. The van der Waals surface area contributed by atoms with Crippen LogP contribution >= 0.6 is 0 Å². The van der Waals surface area contributed by atoms with Gasteiger partial charge in [-0.25, -0.2) is 4.79 Å². The summed E-state index contributed by atoms with van der Waals surface area (Å²) in [5.74, 6) is 0.617. The predicted molar refractivity (Wildman–Crippen MR) is 97.3 cm³/mol. The van der Waals surface area contributed by atoms with Gasteiger partial charge in [-0.1, -0.05) is 32.0 Å². The van der Waals surface area contributed by atoms with Gasteiger partial charge in [0.25, 0.3) is 0 Å². The lowest BCUT2D eigenvalue weighted by atomic mass is 9.99. The lowest BCUT2D eigenvalue weighted by Gasteiger charge is -2.26. The number of aliphatic hydroxyl groups excluding tert-OH is 1. The van der Waals surface area contributed by atoms with Crippen LogP contribution in [0.15, 0.2) is 34.7 Å². The summed E-state index contributed by atoms with van der Waals surface area (Å²) in [4.78, 5) is 12.1. The van der Waals surface area contributed by atoms with E-state index in [1.54, 1.807) is 20.8 Å². The monoisotopic (exact) mass is 361 g/mol. The van der Waals surface area contributed by atoms with E-state index in [1.165, 1.54) is 0 Å². The number of benzene rings is 1. The first kappa shape index (κ1) is 19.9. The van der Waals surface area contributed by atoms with Crippen LogP contribution < -0.4 is 5.32 Å². The van der Waals surface area contributed by atoms with Crippen molar-refractivity contribution in [3.63, 3.8) is 0 Å². The number of hydrogen-bond donors (Lipinski definition) is 2. The molecule has 7 heteroatoms. The molecule has 1 heterocycles. The summed E-state index contributed by atoms with van der Waals surface area (Å²) >= 11 is 0. The Morgan fingerprint density at radius 1 is 1.23 bits per heavy atom. The van der Waals surface area contributed by atoms with Crippen molar-refractivity contribution < 1.29 is 19.1 Å². The van der Waals surface area contributed by atoms with Crippen LogP contribution in [0.3, 0.4) is 0 Å². The highest BCUT2D eigenvalue weighted by Gasteiger charge is 2.30. The molecule has 26 heavy (non-hydrogen) atoms. The zero-order valence-corrected chi connectivity index (χ0v) is 15.9. The minimum atomic E-state index is -1.13. The van der Waals surface area contributed by atoms with Crippen molar-refractivity contribution in [3.8, 4) is 11.5 Å². The largest absolute Gasteiger partial charge is 0.444 e. The highest BCUT2D eigenvalue weighted by atomic mass is 16.6. The smallest absolute Gasteiger partial charge is 0.407 e. The van der Waals surface area contributed by atoms with E-state index in [0.29, 0.717) is 12.3 Å². The summed E-state index contributed by atoms with van der Waals surface area (Å²) in [5.41, 5.74) is 0.140. The molecule has 2 unspecified atom stereocenters. The lowest BCUT2D eigenvalue weighted by Crippen LogP contribution is -2.43. The van der Waals surface area contributed by atoms with E-state index in [0.717, 1.165) is 5.56 Å². The number of aliphatic hydroxyl groups is 1. The molecule has 0 aliphatic heterocycles. The van der Waals surface area contributed by atoms with Crippen molar-refractivity contribution in [1.29, 1.82) is 0 Å². The van der Waals surface area contributed by atoms with Gasteiger partial charge in [0.2, 0.25) is 11.8 Å². The van der Waals surface area contributed by atoms with Gasteiger partial charge in [-0.2, -0.15) is 0 Å². The van der Waals surface area contributed by atoms with Crippen LogP contribution in [0.4, 0.5) is 4.79 Å². The third-order valence-corrected chi connectivity index (χ3v) is 3.52. The highest BCUT2D eigenvalue weighted by molar-refractivity contribution is 5.68. The molecule has 2 aromatic rings. The predicted octanol–water partition coefficient (Wildman–Crippen LogP) is 3.71. The molecule has 0 saturated carbocycles. The first-order valence-corrected chi connectivity index (χ1v) is 8.72. The van der Waals surface area contributed by atoms with Crippen LogP contribution in [0.5, 0.6) is 0 Å². The number of nitrogens with one attached hydrogen (secondary N) is 1. The molecule has 0 bridgehead atoms. The summed E-state index contributed by atoms with van der Waals surface area (Å²) in [7, 11) is 0. The fourth-order valence-corrected chi connectivity index (χ4v) is 2.46. The van der Waals surface area contributed by atoms with Gasteiger partial charge >= 0.3 is 6.09 Å². The maximum atomic E-state index is 12.1. The Labute approximate surface area is 153 Å². The van der Waals surface area contributed by atoms with E-state index >= 15 is 0 Å². The van der Waals surface area contributed by atoms with Gasteiger partial charge in [0.1, 0.15) is 5.60 Å². The number of aromatic nitrogens is 2. The molecule has 142 valence electrons. The van der Waals surface area contributed by atoms with E-state index in [2.05, 4.69) is 15.5 Å². The molecule has 0 aliphatic carbocycles. The van der Waals surface area contributed by atoms with Crippen molar-refractivity contribution in [2.45, 2.75) is 58.8 Å². The van der Waals surface area contributed by atoms with Gasteiger partial charge in [-0.3, -0.25) is 0 Å². The number of amides is 1. The number of alkyl carbamates (subject to hydrolysis) is 1. The molecule has 2 N–H and O–H groups in total. The molecular weight excluding hydrogens is 334 g/mol. The van der Waals surface area contributed by atoms with E-state index < -0.39 is 23.8 Å². The maximum absolute atomic E-state index is 12.1. The van der Waals surface area contributed by atoms with E-state index in [9.17, 15) is 9.90 Å². The van der Waals surface area contributed by atoms with Crippen molar-refractivity contribution >= 4 is 6.09 Å². The van der Waals surface area contributed by atoms with E-state index in [-0.39, 0.29) is 11.8 Å². The zero-order valence-electron chi connectivity index (χ0n) is 15.9. The standard InChI is InChI=1S/C19H27N3O4/c1-12(2)11-14(20-18(24)26-19(3,4)5)15(23)17-22-21-16(25-17)13-9-7-6-8-10-13/h6-10,12,14-15,23H,11H2,1-5H3,(H,20,24). The molecule has 1 aromatic carbocycles. The van der Waals surface area contributed by atoms with Crippen LogP contribution in [-0.4, -0.2) is 33.0 Å². The Hall–Kier alpha value is -2.41. The molecule has 2 atom stereocenters. The Bertz CT molecular complexity index is 707. The Kier molecular flexibility index (Phi) is 6.37. The third kappa shape index (κ3) is 5.84. The van der Waals surface area contributed by atoms with Crippen molar-refractivity contribution in [2.75, 3.05) is 0 Å². The normalized spacial score (nSPS) is 14.1. The molecule has 1 aromatic heterocycles. The van der Waals surface area contributed by atoms with Crippen LogP contribution in [0, 0.1) is 5.92 Å². The average Bonchev–Trinajstić information content (AvgIpc) is 3.02. The summed E-state index contributed by atoms with van der Waals surface area (Å²) in [5, 5.41) is 21.3. The number of carbonyl (C=O) groups excluding carboxylic acids is 1. The topological polar surface area (TPSA) is 97.5 Å². The Balaban J connectivity index is 2.14. The van der Waals surface area contributed by atoms with Crippen LogP contribution in [0.2, 0.25) is 0 Å². The summed E-state index contributed by atoms with van der Waals surface area (Å²) in [6.45, 7) is 9.35. The molecule has 0 saturated heterocycles. The average molecular weight is 361 g/mol. The SMILES string of the molecule is CC(C)CC(NC(=O)OC(C)(C)C)C(O)c1nnc(-c2ccccc2)o1. The molecule has 0 aliphatic rings. The molecule has 0 spiro atoms. The number of nitrogens with zero attached hydrogens (tertiary/aromatic N) is 2. The quantitative estimate of drug-likeness (QED) is 0.814. The molecule has 1 amide bonds. The minimum Gasteiger partial charge on any atom is -0.444 e. The number of rotatable bonds is 6. The van der Waals surface area contributed by atoms with Gasteiger partial charge in [-0.15, -0.1) is 10.2 Å². The highest BCUT2D eigenvalue weighted by Crippen LogP contribution is 2.25. The molecule has 2 rings (SSSR count). The summed E-state index contributed by atoms with van der Waals surface area (Å²) in [6, 6.07) is 8.69. The Morgan fingerprint density at radius 3 is 2.46 bits per heavy atom. The molecular formula is C19H27N3O4. The maximum Gasteiger partial charge on any atom is 0.407 e. The fraction of sp³-hybridized carbons (Fsp3) is 0.526. The van der Waals surface area contributed by atoms with Crippen LogP contribution in [-0.2, 0) is 4.74 Å². The first-order chi connectivity index (χ1) is 12.2. The van der Waals surface area contributed by atoms with Gasteiger partial charge in [0.15, 0.2) is 6.10 Å². The number of hydrogen-bond acceptors (Lipinski definition) is 6. The number of carbonyl (C=O) groups is 1. The van der Waals surface area contributed by atoms with Crippen LogP contribution in [0.25, 0.3) is 11.5 Å². The number of ether oxygens (including phenoxy) is 1. The van der Waals surface area contributed by atoms with Gasteiger partial charge < -0.3 is 19.6 Å². The van der Waals surface area contributed by atoms with Gasteiger partial charge in [0.05, 0.1) is 6.04 Å². The van der Waals surface area contributed by atoms with E-state index in [1.807, 2.05) is 44.2 Å². The minimum absolute atomic E-state index is 0.0607. The van der Waals surface area contributed by atoms with Gasteiger partial charge in [0, 0.05) is 5.56 Å². The van der Waals surface area contributed by atoms with Crippen molar-refractivity contribution in [3.05, 3.63) is 36.2 Å². The van der Waals surface area contributed by atoms with Crippen LogP contribution in [0.1, 0.15) is 53.0 Å². The second kappa shape index (κ2) is 8.31. The molecule has 0 fully saturated rings. The van der Waals surface area contributed by atoms with Crippen molar-refractivity contribution in [1.82, 2.24) is 15.5 Å². The molecule has 0 radical (unpaired) electrons. The fourth-order valence-electron chi connectivity index (χ4n) is 2.46. The zero-order chi connectivity index (χ0) is 19.3. The lowest BCUT2D eigenvalue weighted by molar-refractivity contribution is 0.0366. The van der Waals surface area contributed by atoms with Gasteiger partial charge in [-0.05, 0) is 45.2 Å². The van der Waals surface area contributed by atoms with E-state index in [4.69, 9.17) is 9.15 Å². The second-order valence-corrected chi connectivity index (χ2v) is 7.64. The third-order valence-electron chi connectivity index (χ3n) is 3.52. The van der Waals surface area contributed by atoms with Crippen molar-refractivity contribution in [2.24, 2.45) is 5.92 Å². The second-order valence-electron chi connectivity index (χ2n) is 7.64. The first-order valence-electron chi connectivity index (χ1n) is 8.72.